The van der Waals surface area contributed by atoms with Gasteiger partial charge >= 0.3 is 0 Å². The second-order valence-electron chi connectivity index (χ2n) is 10.9. The summed E-state index contributed by atoms with van der Waals surface area (Å²) in [5.41, 5.74) is 7.02. The van der Waals surface area contributed by atoms with Gasteiger partial charge in [-0.05, 0) is 60.0 Å². The van der Waals surface area contributed by atoms with Crippen molar-refractivity contribution in [3.63, 3.8) is 0 Å². The predicted octanol–water partition coefficient (Wildman–Crippen LogP) is 4.43. The number of piperazine rings is 1. The Morgan fingerprint density at radius 1 is 0.833 bits per heavy atom. The first-order chi connectivity index (χ1) is 20.5. The van der Waals surface area contributed by atoms with Gasteiger partial charge in [0, 0.05) is 55.2 Å². The molecule has 8 nitrogen and oxygen atoms in total. The molecule has 0 bridgehead atoms. The fraction of sp³-hybridized carbons (Fsp3) is 0.294. The summed E-state index contributed by atoms with van der Waals surface area (Å²) in [6.07, 6.45) is 0. The van der Waals surface area contributed by atoms with E-state index in [9.17, 15) is 14.7 Å². The van der Waals surface area contributed by atoms with Crippen molar-refractivity contribution in [2.45, 2.75) is 20.0 Å². The Morgan fingerprint density at radius 2 is 1.60 bits per heavy atom. The Balaban J connectivity index is 1.29. The van der Waals surface area contributed by atoms with Gasteiger partial charge in [0.1, 0.15) is 11.4 Å². The third-order valence-corrected chi connectivity index (χ3v) is 8.41. The lowest BCUT2D eigenvalue weighted by molar-refractivity contribution is 0.0605. The molecule has 0 spiro atoms. The van der Waals surface area contributed by atoms with Gasteiger partial charge in [-0.2, -0.15) is 0 Å². The van der Waals surface area contributed by atoms with Crippen LogP contribution in [0.1, 0.15) is 37.7 Å². The van der Waals surface area contributed by atoms with E-state index in [2.05, 4.69) is 9.47 Å². The molecule has 2 amide bonds. The summed E-state index contributed by atoms with van der Waals surface area (Å²) >= 11 is 0. The lowest BCUT2D eigenvalue weighted by Gasteiger charge is -2.34. The van der Waals surface area contributed by atoms with E-state index in [1.165, 1.54) is 0 Å². The highest BCUT2D eigenvalue weighted by atomic mass is 16.5. The van der Waals surface area contributed by atoms with Gasteiger partial charge in [0.25, 0.3) is 11.8 Å². The van der Waals surface area contributed by atoms with Crippen molar-refractivity contribution in [1.29, 1.82) is 0 Å². The molecule has 0 radical (unpaired) electrons. The number of nitrogens with zero attached hydrogens (tertiary/aromatic N) is 4. The van der Waals surface area contributed by atoms with Crippen LogP contribution in [0.3, 0.4) is 0 Å². The minimum atomic E-state index is -0.0836. The van der Waals surface area contributed by atoms with Gasteiger partial charge in [-0.25, -0.2) is 0 Å². The number of benzene rings is 3. The van der Waals surface area contributed by atoms with Crippen LogP contribution >= 0.6 is 0 Å². The molecule has 6 rings (SSSR count). The van der Waals surface area contributed by atoms with Crippen molar-refractivity contribution in [3.05, 3.63) is 107 Å². The highest BCUT2D eigenvalue weighted by Gasteiger charge is 2.30. The van der Waals surface area contributed by atoms with Gasteiger partial charge < -0.3 is 24.2 Å². The molecule has 1 N–H and O–H groups in total. The molecule has 0 atom stereocenters. The van der Waals surface area contributed by atoms with Gasteiger partial charge in [-0.15, -0.1) is 0 Å². The summed E-state index contributed by atoms with van der Waals surface area (Å²) in [4.78, 5) is 33.6. The number of hydrogen-bond acceptors (Lipinski definition) is 5. The first-order valence-corrected chi connectivity index (χ1v) is 14.4. The molecule has 1 aromatic heterocycles. The summed E-state index contributed by atoms with van der Waals surface area (Å²) in [7, 11) is 1.66. The molecule has 3 aromatic carbocycles. The SMILES string of the molecule is COc1ccccc1-c1ccc(C(=O)N2Cc3ccc(C(=O)N4CCN(CCO)CC4)n3Cc3ccccc32)cc1C. The lowest BCUT2D eigenvalue weighted by Crippen LogP contribution is -2.49. The minimum absolute atomic E-state index is 0.00436. The van der Waals surface area contributed by atoms with Crippen molar-refractivity contribution in [3.8, 4) is 16.9 Å². The molecule has 42 heavy (non-hydrogen) atoms. The van der Waals surface area contributed by atoms with Crippen LogP contribution in [0.4, 0.5) is 5.69 Å². The Bertz CT molecular complexity index is 1620. The number of anilines is 1. The monoisotopic (exact) mass is 564 g/mol. The van der Waals surface area contributed by atoms with Gasteiger partial charge in [-0.1, -0.05) is 42.5 Å². The van der Waals surface area contributed by atoms with Crippen LogP contribution in [0.2, 0.25) is 0 Å². The van der Waals surface area contributed by atoms with Crippen LogP contribution in [0.5, 0.6) is 5.75 Å². The van der Waals surface area contributed by atoms with Crippen LogP contribution in [-0.2, 0) is 13.1 Å². The number of aliphatic hydroxyl groups is 1. The summed E-state index contributed by atoms with van der Waals surface area (Å²) in [5.74, 6) is 0.712. The van der Waals surface area contributed by atoms with E-state index in [1.54, 1.807) is 7.11 Å². The Kier molecular flexibility index (Phi) is 7.82. The molecule has 4 aromatic rings. The largest absolute Gasteiger partial charge is 0.496 e. The van der Waals surface area contributed by atoms with Crippen LogP contribution in [0, 0.1) is 6.92 Å². The van der Waals surface area contributed by atoms with E-state index in [0.29, 0.717) is 44.0 Å². The lowest BCUT2D eigenvalue weighted by atomic mass is 9.97. The van der Waals surface area contributed by atoms with E-state index in [4.69, 9.17) is 4.74 Å². The van der Waals surface area contributed by atoms with Gasteiger partial charge in [-0.3, -0.25) is 14.5 Å². The van der Waals surface area contributed by atoms with Crippen LogP contribution in [0.25, 0.3) is 11.1 Å². The Morgan fingerprint density at radius 3 is 2.36 bits per heavy atom. The highest BCUT2D eigenvalue weighted by molar-refractivity contribution is 6.07. The number of amides is 2. The maximum Gasteiger partial charge on any atom is 0.270 e. The predicted molar refractivity (Wildman–Crippen MR) is 163 cm³/mol. The number of fused-ring (bicyclic) bond motifs is 2. The number of carbonyl (C=O) groups excluding carboxylic acids is 2. The number of carbonyl (C=O) groups is 2. The average molecular weight is 565 g/mol. The molecule has 0 aliphatic carbocycles. The molecule has 0 saturated carbocycles. The first-order valence-electron chi connectivity index (χ1n) is 14.4. The number of hydrogen-bond donors (Lipinski definition) is 1. The molecule has 2 aliphatic rings. The molecular weight excluding hydrogens is 528 g/mol. The molecule has 2 aliphatic heterocycles. The average Bonchev–Trinajstić information content (AvgIpc) is 3.33. The second kappa shape index (κ2) is 11.8. The van der Waals surface area contributed by atoms with Crippen LogP contribution < -0.4 is 9.64 Å². The summed E-state index contributed by atoms with van der Waals surface area (Å²) in [6, 6.07) is 25.5. The minimum Gasteiger partial charge on any atom is -0.496 e. The topological polar surface area (TPSA) is 78.2 Å². The highest BCUT2D eigenvalue weighted by Crippen LogP contribution is 2.34. The number of rotatable bonds is 6. The van der Waals surface area contributed by atoms with E-state index < -0.39 is 0 Å². The van der Waals surface area contributed by atoms with Gasteiger partial charge in [0.05, 0.1) is 26.8 Å². The fourth-order valence-corrected chi connectivity index (χ4v) is 6.13. The second-order valence-corrected chi connectivity index (χ2v) is 10.9. The maximum atomic E-state index is 14.1. The summed E-state index contributed by atoms with van der Waals surface area (Å²) in [5, 5.41) is 9.25. The molecule has 0 unspecified atom stereocenters. The normalized spacial score (nSPS) is 15.1. The molecule has 3 heterocycles. The quantitative estimate of drug-likeness (QED) is 0.375. The number of aromatic nitrogens is 1. The fourth-order valence-electron chi connectivity index (χ4n) is 6.13. The smallest absolute Gasteiger partial charge is 0.270 e. The number of para-hydroxylation sites is 2. The number of ether oxygens (including phenoxy) is 1. The maximum absolute atomic E-state index is 14.1. The standard InChI is InChI=1S/C34H36N4O4/c1-24-21-25(11-13-28(24)29-8-4-6-10-32(29)42-2)33(40)38-23-27-12-14-31(37(27)22-26-7-3-5-9-30(26)38)34(41)36-17-15-35(16-18-36)19-20-39/h3-14,21,39H,15-20,22-23H2,1-2H3. The van der Waals surface area contributed by atoms with Gasteiger partial charge in [0.2, 0.25) is 0 Å². The molecule has 8 heteroatoms. The van der Waals surface area contributed by atoms with Gasteiger partial charge in [0.15, 0.2) is 0 Å². The van der Waals surface area contributed by atoms with Crippen molar-refractivity contribution in [2.24, 2.45) is 0 Å². The Hall–Kier alpha value is -4.40. The van der Waals surface area contributed by atoms with Crippen molar-refractivity contribution in [2.75, 3.05) is 51.3 Å². The number of methoxy groups -OCH3 is 1. The van der Waals surface area contributed by atoms with Crippen molar-refractivity contribution < 1.29 is 19.4 Å². The Labute approximate surface area is 246 Å². The van der Waals surface area contributed by atoms with E-state index in [0.717, 1.165) is 52.5 Å². The van der Waals surface area contributed by atoms with E-state index >= 15 is 0 Å². The summed E-state index contributed by atoms with van der Waals surface area (Å²) < 4.78 is 7.63. The first kappa shape index (κ1) is 27.8. The zero-order chi connectivity index (χ0) is 29.2. The van der Waals surface area contributed by atoms with Crippen molar-refractivity contribution >= 4 is 17.5 Å². The van der Waals surface area contributed by atoms with Crippen molar-refractivity contribution in [1.82, 2.24) is 14.4 Å². The molecule has 1 fully saturated rings. The molecule has 216 valence electrons. The van der Waals surface area contributed by atoms with E-state index in [1.807, 2.05) is 95.6 Å². The van der Waals surface area contributed by atoms with E-state index in [-0.39, 0.29) is 18.4 Å². The number of aryl methyl sites for hydroxylation is 1. The summed E-state index contributed by atoms with van der Waals surface area (Å²) in [6.45, 7) is 6.41. The number of aliphatic hydroxyl groups excluding tert-OH is 1. The van der Waals surface area contributed by atoms with Crippen LogP contribution in [0.15, 0.2) is 78.9 Å². The zero-order valence-corrected chi connectivity index (χ0v) is 24.1. The number of β-amino-alcohol motifs (C(OH)–C–C–N with tert-alkyl or cyclic N) is 1. The third kappa shape index (κ3) is 5.19. The molecular formula is C34H36N4O4. The van der Waals surface area contributed by atoms with Crippen LogP contribution in [-0.4, -0.2) is 77.7 Å². The zero-order valence-electron chi connectivity index (χ0n) is 24.1. The molecule has 1 saturated heterocycles. The third-order valence-electron chi connectivity index (χ3n) is 8.41.